The van der Waals surface area contributed by atoms with Gasteiger partial charge in [0, 0.05) is 11.6 Å². The molecule has 108 valence electrons. The Morgan fingerprint density at radius 2 is 1.79 bits per heavy atom. The van der Waals surface area contributed by atoms with Gasteiger partial charge in [-0.15, -0.1) is 0 Å². The molecule has 0 heterocycles. The van der Waals surface area contributed by atoms with Gasteiger partial charge in [-0.2, -0.15) is 0 Å². The Kier molecular flexibility index (Phi) is 10.1. The summed E-state index contributed by atoms with van der Waals surface area (Å²) in [6.07, 6.45) is 14.3. The fourth-order valence-electron chi connectivity index (χ4n) is 1.93. The number of allylic oxidation sites excluding steroid dienone is 5. The SMILES string of the molecule is C=C(C)C1=CC[C@H](C(C)=N)C=C1.CCCCCCC. The van der Waals surface area contributed by atoms with Crippen LogP contribution >= 0.6 is 0 Å². The highest BCUT2D eigenvalue weighted by molar-refractivity contribution is 5.83. The van der Waals surface area contributed by atoms with Crippen LogP contribution in [-0.2, 0) is 0 Å². The van der Waals surface area contributed by atoms with Crippen LogP contribution in [0.3, 0.4) is 0 Å². The van der Waals surface area contributed by atoms with E-state index in [1.807, 2.05) is 13.8 Å². The number of unbranched alkanes of at least 4 members (excludes halogenated alkanes) is 4. The number of hydrogen-bond donors (Lipinski definition) is 1. The molecule has 0 aliphatic heterocycles. The van der Waals surface area contributed by atoms with E-state index < -0.39 is 0 Å². The first-order valence-electron chi connectivity index (χ1n) is 7.62. The van der Waals surface area contributed by atoms with Crippen LogP contribution < -0.4 is 0 Å². The third kappa shape index (κ3) is 8.58. The summed E-state index contributed by atoms with van der Waals surface area (Å²) in [7, 11) is 0. The van der Waals surface area contributed by atoms with Gasteiger partial charge in [-0.05, 0) is 25.8 Å². The molecule has 0 aromatic carbocycles. The van der Waals surface area contributed by atoms with Crippen molar-refractivity contribution in [3.8, 4) is 0 Å². The van der Waals surface area contributed by atoms with Crippen molar-refractivity contribution in [1.82, 2.24) is 0 Å². The third-order valence-electron chi connectivity index (χ3n) is 3.36. The molecule has 0 unspecified atom stereocenters. The van der Waals surface area contributed by atoms with E-state index in [2.05, 4.69) is 38.7 Å². The Morgan fingerprint density at radius 3 is 2.11 bits per heavy atom. The Morgan fingerprint density at radius 1 is 1.21 bits per heavy atom. The lowest BCUT2D eigenvalue weighted by Gasteiger charge is -2.14. The second-order valence-corrected chi connectivity index (χ2v) is 5.38. The van der Waals surface area contributed by atoms with Crippen molar-refractivity contribution in [1.29, 1.82) is 5.41 Å². The Labute approximate surface area is 120 Å². The molecule has 0 saturated carbocycles. The van der Waals surface area contributed by atoms with Gasteiger partial charge >= 0.3 is 0 Å². The van der Waals surface area contributed by atoms with Crippen molar-refractivity contribution in [2.45, 2.75) is 66.2 Å². The van der Waals surface area contributed by atoms with Gasteiger partial charge in [0.2, 0.25) is 0 Å². The highest BCUT2D eigenvalue weighted by Crippen LogP contribution is 2.20. The van der Waals surface area contributed by atoms with Crippen LogP contribution in [-0.4, -0.2) is 5.71 Å². The molecule has 1 aliphatic rings. The monoisotopic (exact) mass is 261 g/mol. The molecular formula is C18H31N. The summed E-state index contributed by atoms with van der Waals surface area (Å²) in [6, 6.07) is 0. The minimum absolute atomic E-state index is 0.313. The van der Waals surface area contributed by atoms with Gasteiger partial charge in [0.15, 0.2) is 0 Å². The summed E-state index contributed by atoms with van der Waals surface area (Å²) in [5.74, 6) is 0.313. The van der Waals surface area contributed by atoms with Gasteiger partial charge in [-0.25, -0.2) is 0 Å². The van der Waals surface area contributed by atoms with Crippen molar-refractivity contribution < 1.29 is 0 Å². The standard InChI is InChI=1S/C11H15N.C7H16/c1-8(2)10-4-6-11(7-5-10)9(3)12;1-3-5-7-6-4-2/h4-6,11-12H,1,7H2,2-3H3;3-7H2,1-2H3/t11-;/m1./s1. The van der Waals surface area contributed by atoms with Crippen LogP contribution in [0.4, 0.5) is 0 Å². The largest absolute Gasteiger partial charge is 0.309 e. The first-order chi connectivity index (χ1) is 9.02. The van der Waals surface area contributed by atoms with Crippen LogP contribution in [0.15, 0.2) is 36.0 Å². The van der Waals surface area contributed by atoms with Gasteiger partial charge in [0.25, 0.3) is 0 Å². The lowest BCUT2D eigenvalue weighted by atomic mass is 9.91. The van der Waals surface area contributed by atoms with Gasteiger partial charge in [-0.3, -0.25) is 0 Å². The molecule has 1 aliphatic carbocycles. The molecule has 0 radical (unpaired) electrons. The molecular weight excluding hydrogens is 230 g/mol. The Bertz CT molecular complexity index is 330. The van der Waals surface area contributed by atoms with Crippen molar-refractivity contribution in [2.24, 2.45) is 5.92 Å². The molecule has 1 rings (SSSR count). The summed E-state index contributed by atoms with van der Waals surface area (Å²) in [5.41, 5.74) is 3.06. The Balaban J connectivity index is 0.000000399. The first kappa shape index (κ1) is 17.9. The van der Waals surface area contributed by atoms with Crippen LogP contribution in [0.25, 0.3) is 0 Å². The van der Waals surface area contributed by atoms with E-state index in [1.54, 1.807) is 0 Å². The highest BCUT2D eigenvalue weighted by atomic mass is 14.4. The quantitative estimate of drug-likeness (QED) is 0.442. The minimum Gasteiger partial charge on any atom is -0.309 e. The summed E-state index contributed by atoms with van der Waals surface area (Å²) < 4.78 is 0. The molecule has 0 amide bonds. The summed E-state index contributed by atoms with van der Waals surface area (Å²) in [6.45, 7) is 12.2. The van der Waals surface area contributed by atoms with Gasteiger partial charge in [0.05, 0.1) is 0 Å². The third-order valence-corrected chi connectivity index (χ3v) is 3.36. The predicted molar refractivity (Wildman–Crippen MR) is 88.0 cm³/mol. The van der Waals surface area contributed by atoms with E-state index in [1.165, 1.54) is 37.7 Å². The fraction of sp³-hybridized carbons (Fsp3) is 0.611. The van der Waals surface area contributed by atoms with Gasteiger partial charge in [-0.1, -0.05) is 76.3 Å². The maximum Gasteiger partial charge on any atom is 0.0180 e. The lowest BCUT2D eigenvalue weighted by Crippen LogP contribution is -2.08. The fourth-order valence-corrected chi connectivity index (χ4v) is 1.93. The van der Waals surface area contributed by atoms with Crippen molar-refractivity contribution in [3.63, 3.8) is 0 Å². The summed E-state index contributed by atoms with van der Waals surface area (Å²) >= 11 is 0. The van der Waals surface area contributed by atoms with Crippen LogP contribution in [0.1, 0.15) is 66.2 Å². The second kappa shape index (κ2) is 10.8. The molecule has 0 spiro atoms. The smallest absolute Gasteiger partial charge is 0.0180 e. The van der Waals surface area contributed by atoms with Crippen molar-refractivity contribution >= 4 is 5.71 Å². The van der Waals surface area contributed by atoms with E-state index in [0.717, 1.165) is 17.7 Å². The van der Waals surface area contributed by atoms with E-state index in [9.17, 15) is 0 Å². The van der Waals surface area contributed by atoms with Crippen LogP contribution in [0.2, 0.25) is 0 Å². The number of rotatable bonds is 6. The van der Waals surface area contributed by atoms with E-state index in [4.69, 9.17) is 5.41 Å². The Hall–Kier alpha value is -1.11. The maximum atomic E-state index is 7.46. The number of nitrogens with one attached hydrogen (secondary N) is 1. The first-order valence-corrected chi connectivity index (χ1v) is 7.62. The zero-order chi connectivity index (χ0) is 14.7. The molecule has 1 N–H and O–H groups in total. The number of hydrogen-bond acceptors (Lipinski definition) is 1. The molecule has 19 heavy (non-hydrogen) atoms. The van der Waals surface area contributed by atoms with Crippen molar-refractivity contribution in [2.75, 3.05) is 0 Å². The van der Waals surface area contributed by atoms with E-state index >= 15 is 0 Å². The molecule has 0 aromatic rings. The highest BCUT2D eigenvalue weighted by Gasteiger charge is 2.09. The van der Waals surface area contributed by atoms with Gasteiger partial charge < -0.3 is 5.41 Å². The van der Waals surface area contributed by atoms with Crippen LogP contribution in [0, 0.1) is 11.3 Å². The molecule has 0 aromatic heterocycles. The van der Waals surface area contributed by atoms with Crippen LogP contribution in [0.5, 0.6) is 0 Å². The summed E-state index contributed by atoms with van der Waals surface area (Å²) in [4.78, 5) is 0. The molecule has 1 atom stereocenters. The minimum atomic E-state index is 0.313. The molecule has 1 nitrogen and oxygen atoms in total. The average Bonchev–Trinajstić information content (AvgIpc) is 2.40. The van der Waals surface area contributed by atoms with E-state index in [-0.39, 0.29) is 0 Å². The average molecular weight is 261 g/mol. The zero-order valence-corrected chi connectivity index (χ0v) is 13.3. The van der Waals surface area contributed by atoms with Gasteiger partial charge in [0.1, 0.15) is 0 Å². The normalized spacial score (nSPS) is 17.3. The maximum absolute atomic E-state index is 7.46. The lowest BCUT2D eigenvalue weighted by molar-refractivity contribution is 0.656. The molecule has 1 heteroatoms. The molecule has 0 saturated heterocycles. The predicted octanol–water partition coefficient (Wildman–Crippen LogP) is 6.08. The van der Waals surface area contributed by atoms with E-state index in [0.29, 0.717) is 5.92 Å². The molecule has 0 bridgehead atoms. The summed E-state index contributed by atoms with van der Waals surface area (Å²) in [5, 5.41) is 7.46. The van der Waals surface area contributed by atoms with Crippen molar-refractivity contribution in [3.05, 3.63) is 36.0 Å². The molecule has 0 fully saturated rings. The topological polar surface area (TPSA) is 23.9 Å². The zero-order valence-electron chi connectivity index (χ0n) is 13.3. The second-order valence-electron chi connectivity index (χ2n) is 5.38.